The quantitative estimate of drug-likeness (QED) is 0.255. The minimum absolute atomic E-state index is 0.405. The smallest absolute Gasteiger partial charge is 0.243 e. The summed E-state index contributed by atoms with van der Waals surface area (Å²) in [5.41, 5.74) is 1.22. The Labute approximate surface area is 217 Å². The zero-order chi connectivity index (χ0) is 25.0. The lowest BCUT2D eigenvalue weighted by Crippen LogP contribution is -2.41. The highest BCUT2D eigenvalue weighted by atomic mass is 32.2. The zero-order valence-corrected chi connectivity index (χ0v) is 22.1. The first-order chi connectivity index (χ1) is 17.6. The molecular formula is C29H31N3O2S2. The molecule has 5 rings (SSSR count). The van der Waals surface area contributed by atoms with E-state index in [-0.39, 0.29) is 0 Å². The molecule has 36 heavy (non-hydrogen) atoms. The van der Waals surface area contributed by atoms with Gasteiger partial charge in [-0.25, -0.2) is 8.42 Å². The lowest BCUT2D eigenvalue weighted by molar-refractivity contribution is 0.274. The van der Waals surface area contributed by atoms with Gasteiger partial charge in [0.2, 0.25) is 10.0 Å². The van der Waals surface area contributed by atoms with Crippen LogP contribution in [0.5, 0.6) is 0 Å². The predicted octanol–water partition coefficient (Wildman–Crippen LogP) is 5.90. The third-order valence-corrected chi connectivity index (χ3v) is 9.57. The van der Waals surface area contributed by atoms with Crippen LogP contribution in [0.25, 0.3) is 21.5 Å². The van der Waals surface area contributed by atoms with Gasteiger partial charge in [0.15, 0.2) is 5.17 Å². The van der Waals surface area contributed by atoms with Crippen LogP contribution in [0.3, 0.4) is 0 Å². The van der Waals surface area contributed by atoms with Crippen molar-refractivity contribution in [1.29, 1.82) is 0 Å². The van der Waals surface area contributed by atoms with E-state index in [9.17, 15) is 8.42 Å². The second kappa shape index (κ2) is 11.0. The molecule has 5 nitrogen and oxygen atoms in total. The number of hydrogen-bond acceptors (Lipinski definition) is 4. The van der Waals surface area contributed by atoms with E-state index in [4.69, 9.17) is 4.99 Å². The Bertz CT molecular complexity index is 1480. The minimum atomic E-state index is -3.52. The first-order valence-corrected chi connectivity index (χ1v) is 15.0. The number of fused-ring (bicyclic) bond motifs is 2. The Morgan fingerprint density at radius 3 is 2.22 bits per heavy atom. The Kier molecular flexibility index (Phi) is 7.60. The van der Waals surface area contributed by atoms with Gasteiger partial charge < -0.3 is 5.32 Å². The van der Waals surface area contributed by atoms with Crippen LogP contribution in [-0.4, -0.2) is 43.8 Å². The van der Waals surface area contributed by atoms with Crippen LogP contribution in [0.1, 0.15) is 18.4 Å². The topological polar surface area (TPSA) is 61.8 Å². The van der Waals surface area contributed by atoms with E-state index in [0.29, 0.717) is 30.4 Å². The number of rotatable bonds is 6. The number of benzene rings is 4. The van der Waals surface area contributed by atoms with E-state index in [1.807, 2.05) is 42.7 Å². The number of nitrogens with zero attached hydrogens (tertiary/aromatic N) is 2. The molecule has 4 aromatic carbocycles. The summed E-state index contributed by atoms with van der Waals surface area (Å²) >= 11 is 1.62. The molecule has 0 atom stereocenters. The molecule has 7 heteroatoms. The minimum Gasteiger partial charge on any atom is -0.365 e. The van der Waals surface area contributed by atoms with E-state index >= 15 is 0 Å². The van der Waals surface area contributed by atoms with E-state index in [2.05, 4.69) is 47.8 Å². The van der Waals surface area contributed by atoms with Crippen LogP contribution in [0.2, 0.25) is 0 Å². The fraction of sp³-hybridized carbons (Fsp3) is 0.276. The molecule has 0 amide bonds. The molecule has 0 saturated carbocycles. The van der Waals surface area contributed by atoms with Gasteiger partial charge in [-0.05, 0) is 52.8 Å². The Hall–Kier alpha value is -2.87. The monoisotopic (exact) mass is 517 g/mol. The molecule has 0 aliphatic carbocycles. The van der Waals surface area contributed by atoms with Gasteiger partial charge in [-0.15, -0.1) is 0 Å². The number of sulfonamides is 1. The maximum Gasteiger partial charge on any atom is 0.243 e. The molecule has 1 aliphatic rings. The van der Waals surface area contributed by atoms with Crippen molar-refractivity contribution in [1.82, 2.24) is 9.62 Å². The maximum absolute atomic E-state index is 13.4. The normalized spacial score (nSPS) is 16.0. The van der Waals surface area contributed by atoms with Gasteiger partial charge in [-0.2, -0.15) is 4.31 Å². The fourth-order valence-corrected chi connectivity index (χ4v) is 7.03. The number of thioether (sulfide) groups is 1. The number of hydrogen-bond donors (Lipinski definition) is 1. The molecule has 0 bridgehead atoms. The van der Waals surface area contributed by atoms with Crippen molar-refractivity contribution in [3.05, 3.63) is 90.5 Å². The van der Waals surface area contributed by atoms with Crippen LogP contribution in [0, 0.1) is 5.92 Å². The number of nitrogens with one attached hydrogen (secondary N) is 1. The fourth-order valence-electron chi connectivity index (χ4n) is 4.93. The second-order valence-corrected chi connectivity index (χ2v) is 11.9. The summed E-state index contributed by atoms with van der Waals surface area (Å²) in [4.78, 5) is 5.24. The molecule has 0 radical (unpaired) electrons. The summed E-state index contributed by atoms with van der Waals surface area (Å²) in [6.07, 6.45) is 3.71. The summed E-state index contributed by atoms with van der Waals surface area (Å²) in [6, 6.07) is 27.9. The summed E-state index contributed by atoms with van der Waals surface area (Å²) < 4.78 is 28.5. The molecule has 1 aliphatic heterocycles. The predicted molar refractivity (Wildman–Crippen MR) is 152 cm³/mol. The summed E-state index contributed by atoms with van der Waals surface area (Å²) in [6.45, 7) is 2.52. The van der Waals surface area contributed by atoms with E-state index < -0.39 is 10.0 Å². The maximum atomic E-state index is 13.4. The SMILES string of the molecule is CSC(=NCc1cccc2ccccc12)NCC1CCN(S(=O)(=O)c2cccc3ccccc23)CC1. The second-order valence-electron chi connectivity index (χ2n) is 9.17. The average molecular weight is 518 g/mol. The molecular weight excluding hydrogens is 486 g/mol. The van der Waals surface area contributed by atoms with Gasteiger partial charge in [0, 0.05) is 25.0 Å². The average Bonchev–Trinajstić information content (AvgIpc) is 2.93. The first kappa shape index (κ1) is 24.8. The third kappa shape index (κ3) is 5.28. The molecule has 0 unspecified atom stereocenters. The largest absolute Gasteiger partial charge is 0.365 e. The molecule has 1 fully saturated rings. The summed E-state index contributed by atoms with van der Waals surface area (Å²) in [7, 11) is -3.52. The van der Waals surface area contributed by atoms with E-state index in [1.165, 1.54) is 16.3 Å². The van der Waals surface area contributed by atoms with Crippen molar-refractivity contribution in [3.8, 4) is 0 Å². The van der Waals surface area contributed by atoms with Gasteiger partial charge >= 0.3 is 0 Å². The van der Waals surface area contributed by atoms with Crippen LogP contribution in [0.15, 0.2) is 94.8 Å². The van der Waals surface area contributed by atoms with Gasteiger partial charge in [-0.1, -0.05) is 90.6 Å². The van der Waals surface area contributed by atoms with Crippen LogP contribution < -0.4 is 5.32 Å². The summed E-state index contributed by atoms with van der Waals surface area (Å²) in [5.74, 6) is 0.416. The number of piperidine rings is 1. The molecule has 0 aromatic heterocycles. The van der Waals surface area contributed by atoms with Crippen molar-refractivity contribution < 1.29 is 8.42 Å². The summed E-state index contributed by atoms with van der Waals surface area (Å²) in [5, 5.41) is 8.64. The highest BCUT2D eigenvalue weighted by Gasteiger charge is 2.30. The molecule has 1 saturated heterocycles. The Balaban J connectivity index is 1.19. The lowest BCUT2D eigenvalue weighted by Gasteiger charge is -2.31. The highest BCUT2D eigenvalue weighted by molar-refractivity contribution is 8.13. The van der Waals surface area contributed by atoms with E-state index in [0.717, 1.165) is 35.3 Å². The molecule has 1 N–H and O–H groups in total. The molecule has 186 valence electrons. The standard InChI is InChI=1S/C29H31N3O2S2/c1-35-29(31-21-25-12-6-10-23-8-2-4-13-26(23)25)30-20-22-16-18-32(19-17-22)36(33,34)28-15-7-11-24-9-3-5-14-27(24)28/h2-15,22H,16-21H2,1H3,(H,30,31). The van der Waals surface area contributed by atoms with Crippen LogP contribution in [-0.2, 0) is 16.6 Å². The lowest BCUT2D eigenvalue weighted by atomic mass is 9.98. The van der Waals surface area contributed by atoms with Crippen LogP contribution in [0.4, 0.5) is 0 Å². The molecule has 0 spiro atoms. The number of amidine groups is 1. The third-order valence-electron chi connectivity index (χ3n) is 6.95. The number of aliphatic imine (C=N–C) groups is 1. The molecule has 1 heterocycles. The van der Waals surface area contributed by atoms with Gasteiger partial charge in [0.1, 0.15) is 0 Å². The van der Waals surface area contributed by atoms with Crippen molar-refractivity contribution in [3.63, 3.8) is 0 Å². The molecule has 4 aromatic rings. The van der Waals surface area contributed by atoms with Gasteiger partial charge in [0.05, 0.1) is 11.4 Å². The van der Waals surface area contributed by atoms with Gasteiger partial charge in [0.25, 0.3) is 0 Å². The Morgan fingerprint density at radius 1 is 0.889 bits per heavy atom. The van der Waals surface area contributed by atoms with Crippen LogP contribution >= 0.6 is 11.8 Å². The van der Waals surface area contributed by atoms with Crippen molar-refractivity contribution in [2.75, 3.05) is 25.9 Å². The van der Waals surface area contributed by atoms with Gasteiger partial charge in [-0.3, -0.25) is 4.99 Å². The van der Waals surface area contributed by atoms with Crippen molar-refractivity contribution in [2.45, 2.75) is 24.3 Å². The van der Waals surface area contributed by atoms with Crippen molar-refractivity contribution in [2.24, 2.45) is 10.9 Å². The van der Waals surface area contributed by atoms with Crippen molar-refractivity contribution >= 4 is 48.5 Å². The Morgan fingerprint density at radius 2 is 1.50 bits per heavy atom. The highest BCUT2D eigenvalue weighted by Crippen LogP contribution is 2.29. The van der Waals surface area contributed by atoms with E-state index in [1.54, 1.807) is 22.1 Å². The first-order valence-electron chi connectivity index (χ1n) is 12.3. The zero-order valence-electron chi connectivity index (χ0n) is 20.4.